The van der Waals surface area contributed by atoms with Gasteiger partial charge in [-0.1, -0.05) is 36.0 Å². The van der Waals surface area contributed by atoms with Gasteiger partial charge >= 0.3 is 6.03 Å². The van der Waals surface area contributed by atoms with Crippen molar-refractivity contribution in [1.29, 1.82) is 5.26 Å². The van der Waals surface area contributed by atoms with Gasteiger partial charge in [-0.25, -0.2) is 4.79 Å². The van der Waals surface area contributed by atoms with E-state index in [1.54, 1.807) is 40.9 Å². The van der Waals surface area contributed by atoms with Crippen LogP contribution in [-0.4, -0.2) is 6.03 Å². The third-order valence-electron chi connectivity index (χ3n) is 3.90. The molecule has 0 spiro atoms. The summed E-state index contributed by atoms with van der Waals surface area (Å²) in [6, 6.07) is 24.4. The van der Waals surface area contributed by atoms with Gasteiger partial charge in [-0.3, -0.25) is 4.90 Å². The fourth-order valence-electron chi connectivity index (χ4n) is 2.73. The summed E-state index contributed by atoms with van der Waals surface area (Å²) in [6.07, 6.45) is 0. The van der Waals surface area contributed by atoms with Crippen LogP contribution in [0.1, 0.15) is 5.56 Å². The van der Waals surface area contributed by atoms with E-state index >= 15 is 0 Å². The van der Waals surface area contributed by atoms with Gasteiger partial charge in [0.1, 0.15) is 0 Å². The number of para-hydroxylation sites is 2. The monoisotopic (exact) mass is 343 g/mol. The van der Waals surface area contributed by atoms with Crippen LogP contribution in [0.25, 0.3) is 0 Å². The van der Waals surface area contributed by atoms with Crippen LogP contribution in [0, 0.1) is 11.3 Å². The first kappa shape index (κ1) is 15.3. The highest BCUT2D eigenvalue weighted by atomic mass is 32.2. The lowest BCUT2D eigenvalue weighted by molar-refractivity contribution is 0.259. The van der Waals surface area contributed by atoms with E-state index in [2.05, 4.69) is 11.4 Å². The molecule has 0 bridgehead atoms. The maximum absolute atomic E-state index is 13.0. The Morgan fingerprint density at radius 2 is 1.44 bits per heavy atom. The van der Waals surface area contributed by atoms with Crippen molar-refractivity contribution in [3.8, 4) is 6.07 Å². The Kier molecular flexibility index (Phi) is 3.88. The van der Waals surface area contributed by atoms with Gasteiger partial charge in [-0.05, 0) is 48.5 Å². The van der Waals surface area contributed by atoms with Crippen LogP contribution in [0.4, 0.5) is 21.9 Å². The smallest absolute Gasteiger partial charge is 0.307 e. The van der Waals surface area contributed by atoms with Crippen LogP contribution in [0.15, 0.2) is 82.6 Å². The van der Waals surface area contributed by atoms with Gasteiger partial charge in [0.25, 0.3) is 0 Å². The highest BCUT2D eigenvalue weighted by Crippen LogP contribution is 2.47. The average molecular weight is 343 g/mol. The Bertz CT molecular complexity index is 947. The Hall–Kier alpha value is -3.23. The van der Waals surface area contributed by atoms with Crippen LogP contribution in [0.2, 0.25) is 0 Å². The summed E-state index contributed by atoms with van der Waals surface area (Å²) < 4.78 is 0. The molecular weight excluding hydrogens is 330 g/mol. The number of nitriles is 1. The molecule has 1 aliphatic heterocycles. The first-order valence-corrected chi connectivity index (χ1v) is 8.55. The zero-order chi connectivity index (χ0) is 17.2. The van der Waals surface area contributed by atoms with Gasteiger partial charge in [0.15, 0.2) is 0 Å². The number of nitrogens with zero attached hydrogens (tertiary/aromatic N) is 2. The second-order valence-electron chi connectivity index (χ2n) is 5.49. The molecule has 1 aliphatic rings. The maximum atomic E-state index is 13.0. The van der Waals surface area contributed by atoms with E-state index in [0.717, 1.165) is 21.2 Å². The molecule has 4 nitrogen and oxygen atoms in total. The van der Waals surface area contributed by atoms with Crippen molar-refractivity contribution in [1.82, 2.24) is 0 Å². The molecule has 3 aromatic carbocycles. The van der Waals surface area contributed by atoms with Gasteiger partial charge < -0.3 is 5.32 Å². The second kappa shape index (κ2) is 6.34. The van der Waals surface area contributed by atoms with E-state index in [0.29, 0.717) is 11.3 Å². The van der Waals surface area contributed by atoms with E-state index in [4.69, 9.17) is 5.26 Å². The minimum Gasteiger partial charge on any atom is -0.307 e. The highest BCUT2D eigenvalue weighted by Gasteiger charge is 2.27. The van der Waals surface area contributed by atoms with Gasteiger partial charge in [0.05, 0.1) is 23.0 Å². The van der Waals surface area contributed by atoms with Crippen molar-refractivity contribution >= 4 is 34.9 Å². The zero-order valence-corrected chi connectivity index (χ0v) is 14.0. The number of carbonyl (C=O) groups excluding carboxylic acids is 1. The van der Waals surface area contributed by atoms with Crippen LogP contribution in [-0.2, 0) is 0 Å². The van der Waals surface area contributed by atoms with E-state index in [9.17, 15) is 4.79 Å². The summed E-state index contributed by atoms with van der Waals surface area (Å²) in [5, 5.41) is 11.8. The average Bonchev–Trinajstić information content (AvgIpc) is 2.66. The number of hydrogen-bond donors (Lipinski definition) is 1. The van der Waals surface area contributed by atoms with Crippen molar-refractivity contribution in [2.45, 2.75) is 9.79 Å². The van der Waals surface area contributed by atoms with Crippen LogP contribution < -0.4 is 10.2 Å². The molecular formula is C20H13N3OS. The van der Waals surface area contributed by atoms with Crippen LogP contribution >= 0.6 is 11.8 Å². The number of carbonyl (C=O) groups is 1. The minimum atomic E-state index is -0.232. The van der Waals surface area contributed by atoms with E-state index in [1.807, 2.05) is 48.5 Å². The third kappa shape index (κ3) is 2.84. The Balaban J connectivity index is 1.71. The van der Waals surface area contributed by atoms with Crippen molar-refractivity contribution in [3.05, 3.63) is 78.4 Å². The SMILES string of the molecule is N#Cc1ccc(NC(=O)N2c3ccccc3Sc3ccccc32)cc1. The quantitative estimate of drug-likeness (QED) is 0.644. The molecule has 1 heterocycles. The summed E-state index contributed by atoms with van der Waals surface area (Å²) >= 11 is 1.66. The molecule has 0 saturated heterocycles. The lowest BCUT2D eigenvalue weighted by Gasteiger charge is -2.31. The number of benzene rings is 3. The number of fused-ring (bicyclic) bond motifs is 2. The Labute approximate surface area is 149 Å². The fraction of sp³-hybridized carbons (Fsp3) is 0. The predicted octanol–water partition coefficient (Wildman–Crippen LogP) is 5.39. The lowest BCUT2D eigenvalue weighted by Crippen LogP contribution is -2.32. The maximum Gasteiger partial charge on any atom is 0.331 e. The number of hydrogen-bond acceptors (Lipinski definition) is 3. The summed E-state index contributed by atoms with van der Waals surface area (Å²) in [7, 11) is 0. The largest absolute Gasteiger partial charge is 0.331 e. The van der Waals surface area contributed by atoms with Crippen molar-refractivity contribution in [3.63, 3.8) is 0 Å². The van der Waals surface area contributed by atoms with Gasteiger partial charge in [-0.15, -0.1) is 0 Å². The van der Waals surface area contributed by atoms with Gasteiger partial charge in [0.2, 0.25) is 0 Å². The first-order chi connectivity index (χ1) is 12.3. The number of nitrogens with one attached hydrogen (secondary N) is 1. The topological polar surface area (TPSA) is 56.1 Å². The van der Waals surface area contributed by atoms with Gasteiger partial charge in [-0.2, -0.15) is 5.26 Å². The molecule has 1 N–H and O–H groups in total. The van der Waals surface area contributed by atoms with E-state index in [1.165, 1.54) is 0 Å². The number of urea groups is 1. The minimum absolute atomic E-state index is 0.232. The number of anilines is 3. The molecule has 2 amide bonds. The Morgan fingerprint density at radius 1 is 0.880 bits per heavy atom. The molecule has 0 radical (unpaired) electrons. The van der Waals surface area contributed by atoms with Gasteiger partial charge in [0, 0.05) is 15.5 Å². The molecule has 25 heavy (non-hydrogen) atoms. The fourth-order valence-corrected chi connectivity index (χ4v) is 3.79. The third-order valence-corrected chi connectivity index (χ3v) is 5.03. The molecule has 0 fully saturated rings. The Morgan fingerprint density at radius 3 is 2.00 bits per heavy atom. The summed E-state index contributed by atoms with van der Waals surface area (Å²) in [5.41, 5.74) is 2.93. The number of amides is 2. The van der Waals surface area contributed by atoms with Crippen molar-refractivity contribution < 1.29 is 4.79 Å². The molecule has 0 saturated carbocycles. The summed E-state index contributed by atoms with van der Waals surface area (Å²) in [5.74, 6) is 0. The van der Waals surface area contributed by atoms with Crippen molar-refractivity contribution in [2.24, 2.45) is 0 Å². The first-order valence-electron chi connectivity index (χ1n) is 7.73. The van der Waals surface area contributed by atoms with E-state index < -0.39 is 0 Å². The summed E-state index contributed by atoms with van der Waals surface area (Å²) in [4.78, 5) is 16.8. The standard InChI is InChI=1S/C20H13N3OS/c21-13-14-9-11-15(12-10-14)22-20(24)23-16-5-1-3-7-18(16)25-19-8-4-2-6-17(19)23/h1-12H,(H,22,24). The molecule has 0 aliphatic carbocycles. The molecule has 0 aromatic heterocycles. The summed E-state index contributed by atoms with van der Waals surface area (Å²) in [6.45, 7) is 0. The highest BCUT2D eigenvalue weighted by molar-refractivity contribution is 7.99. The molecule has 0 atom stereocenters. The molecule has 3 aromatic rings. The van der Waals surface area contributed by atoms with Crippen molar-refractivity contribution in [2.75, 3.05) is 10.2 Å². The number of rotatable bonds is 1. The molecule has 0 unspecified atom stereocenters. The van der Waals surface area contributed by atoms with Crippen LogP contribution in [0.5, 0.6) is 0 Å². The molecule has 120 valence electrons. The predicted molar refractivity (Wildman–Crippen MR) is 99.3 cm³/mol. The van der Waals surface area contributed by atoms with E-state index in [-0.39, 0.29) is 6.03 Å². The van der Waals surface area contributed by atoms with Crippen LogP contribution in [0.3, 0.4) is 0 Å². The normalized spacial score (nSPS) is 11.9. The zero-order valence-electron chi connectivity index (χ0n) is 13.1. The second-order valence-corrected chi connectivity index (χ2v) is 6.58. The molecule has 4 rings (SSSR count). The lowest BCUT2D eigenvalue weighted by atomic mass is 10.2. The molecule has 5 heteroatoms.